The highest BCUT2D eigenvalue weighted by Gasteiger charge is 2.34. The maximum absolute atomic E-state index is 12.6. The zero-order valence-corrected chi connectivity index (χ0v) is 24.5. The standard InChI is InChI=1S/C32H41ClN2O5/c1-31(2,3)40-30(37)35-32(17-9-19-36)15-7-12-25(13-8-16-32)39-28-20-24-14-18-34-29(26(24)21-27(28)33)38-22-23-10-5-4-6-11-23/h4-6,10-11,14,18,20-21,25,36H,7-9,12-13,15-17,19,22H2,1-3H3,(H,35,37). The molecule has 3 aromatic rings. The summed E-state index contributed by atoms with van der Waals surface area (Å²) in [6.45, 7) is 6.10. The summed E-state index contributed by atoms with van der Waals surface area (Å²) in [7, 11) is 0. The highest BCUT2D eigenvalue weighted by molar-refractivity contribution is 6.33. The second-order valence-corrected chi connectivity index (χ2v) is 12.1. The van der Waals surface area contributed by atoms with E-state index >= 15 is 0 Å². The van der Waals surface area contributed by atoms with Crippen molar-refractivity contribution in [1.82, 2.24) is 10.3 Å². The Bertz CT molecular complexity index is 1250. The van der Waals surface area contributed by atoms with Gasteiger partial charge in [0.25, 0.3) is 0 Å². The zero-order chi connectivity index (χ0) is 28.6. The molecule has 2 aromatic carbocycles. The molecule has 0 aliphatic heterocycles. The average molecular weight is 569 g/mol. The number of aliphatic hydroxyl groups is 1. The molecule has 1 amide bonds. The van der Waals surface area contributed by atoms with Crippen LogP contribution in [-0.2, 0) is 11.3 Å². The Kier molecular flexibility index (Phi) is 10.1. The predicted molar refractivity (Wildman–Crippen MR) is 158 cm³/mol. The number of nitrogens with zero attached hydrogens (tertiary/aromatic N) is 1. The van der Waals surface area contributed by atoms with Gasteiger partial charge in [0.15, 0.2) is 0 Å². The van der Waals surface area contributed by atoms with Gasteiger partial charge in [0, 0.05) is 23.7 Å². The number of halogens is 1. The molecule has 0 radical (unpaired) electrons. The van der Waals surface area contributed by atoms with E-state index in [1.165, 1.54) is 0 Å². The topological polar surface area (TPSA) is 89.9 Å². The van der Waals surface area contributed by atoms with E-state index in [9.17, 15) is 9.90 Å². The summed E-state index contributed by atoms with van der Waals surface area (Å²) in [6, 6.07) is 15.7. The van der Waals surface area contributed by atoms with Gasteiger partial charge >= 0.3 is 6.09 Å². The zero-order valence-electron chi connectivity index (χ0n) is 23.7. The first-order chi connectivity index (χ1) is 19.2. The van der Waals surface area contributed by atoms with Crippen LogP contribution in [0.25, 0.3) is 10.8 Å². The number of benzene rings is 2. The molecule has 0 spiro atoms. The molecule has 0 bridgehead atoms. The van der Waals surface area contributed by atoms with Crippen LogP contribution in [0.1, 0.15) is 77.7 Å². The van der Waals surface area contributed by atoms with Gasteiger partial charge in [0.05, 0.1) is 11.1 Å². The summed E-state index contributed by atoms with van der Waals surface area (Å²) in [5.41, 5.74) is 0.116. The molecular formula is C32H41ClN2O5. The van der Waals surface area contributed by atoms with Crippen LogP contribution in [-0.4, -0.2) is 40.0 Å². The molecule has 1 heterocycles. The molecule has 0 atom stereocenters. The average Bonchev–Trinajstić information content (AvgIpc) is 2.89. The second kappa shape index (κ2) is 13.6. The number of hydrogen-bond donors (Lipinski definition) is 2. The molecule has 40 heavy (non-hydrogen) atoms. The molecule has 7 nitrogen and oxygen atoms in total. The highest BCUT2D eigenvalue weighted by atomic mass is 35.5. The quantitative estimate of drug-likeness (QED) is 0.276. The van der Waals surface area contributed by atoms with Crippen molar-refractivity contribution in [2.75, 3.05) is 6.61 Å². The number of pyridine rings is 1. The van der Waals surface area contributed by atoms with Crippen molar-refractivity contribution in [3.05, 3.63) is 65.3 Å². The summed E-state index contributed by atoms with van der Waals surface area (Å²) in [5, 5.41) is 15.0. The number of nitrogens with one attached hydrogen (secondary N) is 1. The lowest BCUT2D eigenvalue weighted by atomic mass is 9.80. The number of rotatable bonds is 9. The van der Waals surface area contributed by atoms with Crippen LogP contribution < -0.4 is 14.8 Å². The fraction of sp³-hybridized carbons (Fsp3) is 0.500. The molecular weight excluding hydrogens is 528 g/mol. The maximum atomic E-state index is 12.6. The number of hydrogen-bond acceptors (Lipinski definition) is 6. The molecule has 1 aliphatic carbocycles. The summed E-state index contributed by atoms with van der Waals surface area (Å²) in [6.07, 6.45) is 7.72. The van der Waals surface area contributed by atoms with Crippen LogP contribution in [0.4, 0.5) is 4.79 Å². The Morgan fingerprint density at radius 3 is 2.52 bits per heavy atom. The minimum Gasteiger partial charge on any atom is -0.489 e. The van der Waals surface area contributed by atoms with Gasteiger partial charge in [-0.1, -0.05) is 41.9 Å². The fourth-order valence-electron chi connectivity index (χ4n) is 5.36. The van der Waals surface area contributed by atoms with Crippen molar-refractivity contribution in [2.24, 2.45) is 0 Å². The third-order valence-electron chi connectivity index (χ3n) is 7.23. The van der Waals surface area contributed by atoms with Gasteiger partial charge in [-0.15, -0.1) is 0 Å². The number of alkyl carbamates (subject to hydrolysis) is 1. The highest BCUT2D eigenvalue weighted by Crippen LogP contribution is 2.37. The lowest BCUT2D eigenvalue weighted by Crippen LogP contribution is -2.51. The van der Waals surface area contributed by atoms with E-state index in [1.807, 2.05) is 69.3 Å². The summed E-state index contributed by atoms with van der Waals surface area (Å²) in [5.74, 6) is 1.19. The van der Waals surface area contributed by atoms with Gasteiger partial charge in [-0.25, -0.2) is 9.78 Å². The van der Waals surface area contributed by atoms with E-state index in [0.717, 1.165) is 54.9 Å². The smallest absolute Gasteiger partial charge is 0.408 e. The van der Waals surface area contributed by atoms with Crippen molar-refractivity contribution in [1.29, 1.82) is 0 Å². The Balaban J connectivity index is 1.41. The van der Waals surface area contributed by atoms with Gasteiger partial charge in [-0.3, -0.25) is 0 Å². The number of amides is 1. The molecule has 1 aliphatic rings. The first-order valence-electron chi connectivity index (χ1n) is 14.2. The first kappa shape index (κ1) is 29.9. The number of carbonyl (C=O) groups excluding carboxylic acids is 1. The lowest BCUT2D eigenvalue weighted by molar-refractivity contribution is 0.0405. The van der Waals surface area contributed by atoms with Crippen LogP contribution in [0.2, 0.25) is 5.02 Å². The van der Waals surface area contributed by atoms with Gasteiger partial charge in [0.2, 0.25) is 5.88 Å². The Labute approximate surface area is 242 Å². The number of ether oxygens (including phenoxy) is 3. The minimum absolute atomic E-state index is 0.0166. The third-order valence-corrected chi connectivity index (χ3v) is 7.53. The van der Waals surface area contributed by atoms with E-state index in [2.05, 4.69) is 10.3 Å². The first-order valence-corrected chi connectivity index (χ1v) is 14.6. The van der Waals surface area contributed by atoms with Crippen LogP contribution in [0.15, 0.2) is 54.7 Å². The summed E-state index contributed by atoms with van der Waals surface area (Å²) >= 11 is 6.70. The fourth-order valence-corrected chi connectivity index (χ4v) is 5.56. The lowest BCUT2D eigenvalue weighted by Gasteiger charge is -2.38. The van der Waals surface area contributed by atoms with Crippen molar-refractivity contribution in [3.63, 3.8) is 0 Å². The molecule has 2 N–H and O–H groups in total. The number of aromatic nitrogens is 1. The van der Waals surface area contributed by atoms with Crippen LogP contribution >= 0.6 is 11.6 Å². The Morgan fingerprint density at radius 1 is 1.12 bits per heavy atom. The molecule has 216 valence electrons. The van der Waals surface area contributed by atoms with Crippen LogP contribution in [0.5, 0.6) is 11.6 Å². The molecule has 0 saturated heterocycles. The van der Waals surface area contributed by atoms with Gasteiger partial charge < -0.3 is 24.6 Å². The van der Waals surface area contributed by atoms with Crippen molar-refractivity contribution in [2.45, 2.75) is 96.0 Å². The molecule has 8 heteroatoms. The van der Waals surface area contributed by atoms with Gasteiger partial charge in [0.1, 0.15) is 18.0 Å². The van der Waals surface area contributed by atoms with E-state index in [4.69, 9.17) is 25.8 Å². The van der Waals surface area contributed by atoms with E-state index in [-0.39, 0.29) is 18.2 Å². The van der Waals surface area contributed by atoms with Crippen molar-refractivity contribution in [3.8, 4) is 11.6 Å². The van der Waals surface area contributed by atoms with Crippen molar-refractivity contribution < 1.29 is 24.1 Å². The SMILES string of the molecule is CC(C)(C)OC(=O)NC1(CCCO)CCCC(Oc2cc3ccnc(OCc4ccccc4)c3cc2Cl)CCC1. The number of fused-ring (bicyclic) bond motifs is 1. The normalized spacial score (nSPS) is 19.9. The molecule has 1 aromatic heterocycles. The van der Waals surface area contributed by atoms with Crippen LogP contribution in [0.3, 0.4) is 0 Å². The molecule has 0 unspecified atom stereocenters. The Morgan fingerprint density at radius 2 is 1.85 bits per heavy atom. The minimum atomic E-state index is -0.563. The molecule has 1 saturated carbocycles. The largest absolute Gasteiger partial charge is 0.489 e. The third kappa shape index (κ3) is 8.48. The molecule has 4 rings (SSSR count). The summed E-state index contributed by atoms with van der Waals surface area (Å²) < 4.78 is 18.0. The molecule has 1 fully saturated rings. The van der Waals surface area contributed by atoms with E-state index in [1.54, 1.807) is 6.20 Å². The second-order valence-electron chi connectivity index (χ2n) is 11.7. The van der Waals surface area contributed by atoms with Crippen LogP contribution in [0, 0.1) is 0 Å². The maximum Gasteiger partial charge on any atom is 0.408 e. The Hall–Kier alpha value is -3.03. The number of aliphatic hydroxyl groups excluding tert-OH is 1. The van der Waals surface area contributed by atoms with E-state index in [0.29, 0.717) is 36.1 Å². The van der Waals surface area contributed by atoms with Gasteiger partial charge in [-0.2, -0.15) is 0 Å². The van der Waals surface area contributed by atoms with Gasteiger partial charge in [-0.05, 0) is 101 Å². The predicted octanol–water partition coefficient (Wildman–Crippen LogP) is 7.60. The summed E-state index contributed by atoms with van der Waals surface area (Å²) in [4.78, 5) is 17.1. The van der Waals surface area contributed by atoms with E-state index < -0.39 is 11.7 Å². The monoisotopic (exact) mass is 568 g/mol. The number of carbonyl (C=O) groups is 1. The van der Waals surface area contributed by atoms with Crippen molar-refractivity contribution >= 4 is 28.5 Å².